The molecule has 0 saturated heterocycles. The molecule has 2 rings (SSSR count). The van der Waals surface area contributed by atoms with Crippen LogP contribution in [0.25, 0.3) is 0 Å². The minimum absolute atomic E-state index is 0.0703. The molecule has 0 fully saturated rings. The van der Waals surface area contributed by atoms with E-state index in [0.717, 1.165) is 10.1 Å². The molecule has 21 heavy (non-hydrogen) atoms. The number of nitrogens with one attached hydrogen (secondary N) is 2. The third kappa shape index (κ3) is 4.15. The van der Waals surface area contributed by atoms with Gasteiger partial charge in [-0.1, -0.05) is 12.1 Å². The van der Waals surface area contributed by atoms with Gasteiger partial charge in [-0.3, -0.25) is 19.1 Å². The number of amides is 1. The molecule has 7 nitrogen and oxygen atoms in total. The van der Waals surface area contributed by atoms with Crippen molar-refractivity contribution < 1.29 is 9.90 Å². The second kappa shape index (κ2) is 6.67. The van der Waals surface area contributed by atoms with Crippen LogP contribution in [-0.2, 0) is 17.8 Å². The fourth-order valence-corrected chi connectivity index (χ4v) is 1.81. The summed E-state index contributed by atoms with van der Waals surface area (Å²) in [7, 11) is 0. The minimum atomic E-state index is -0.629. The van der Waals surface area contributed by atoms with Gasteiger partial charge in [-0.15, -0.1) is 0 Å². The van der Waals surface area contributed by atoms with E-state index < -0.39 is 11.2 Å². The van der Waals surface area contributed by atoms with Crippen molar-refractivity contribution >= 4 is 11.6 Å². The van der Waals surface area contributed by atoms with Crippen molar-refractivity contribution in [2.75, 3.05) is 11.9 Å². The Kier molecular flexibility index (Phi) is 4.68. The fraction of sp³-hybridized carbons (Fsp3) is 0.214. The number of carbonyl (C=O) groups excluding carboxylic acids is 1. The van der Waals surface area contributed by atoms with E-state index in [1.807, 2.05) is 0 Å². The van der Waals surface area contributed by atoms with Gasteiger partial charge in [-0.2, -0.15) is 0 Å². The first-order valence-electron chi connectivity index (χ1n) is 6.38. The molecule has 0 bridgehead atoms. The van der Waals surface area contributed by atoms with Gasteiger partial charge in [0, 0.05) is 24.6 Å². The zero-order chi connectivity index (χ0) is 15.2. The Balaban J connectivity index is 2.01. The standard InChI is InChI=1S/C14H15N3O4/c18-8-6-10-1-3-11(4-2-10)15-13(20)9-17-7-5-12(19)16-14(17)21/h1-5,7,18H,6,8-9H2,(H,15,20)(H,16,19,21). The number of anilines is 1. The number of hydrogen-bond acceptors (Lipinski definition) is 4. The van der Waals surface area contributed by atoms with E-state index in [-0.39, 0.29) is 19.1 Å². The van der Waals surface area contributed by atoms with Crippen LogP contribution in [0.15, 0.2) is 46.1 Å². The third-order valence-corrected chi connectivity index (χ3v) is 2.85. The van der Waals surface area contributed by atoms with Crippen LogP contribution in [0.2, 0.25) is 0 Å². The van der Waals surface area contributed by atoms with Crippen LogP contribution in [-0.4, -0.2) is 27.2 Å². The molecule has 1 amide bonds. The summed E-state index contributed by atoms with van der Waals surface area (Å²) in [6.07, 6.45) is 1.83. The molecule has 2 aromatic rings. The highest BCUT2D eigenvalue weighted by atomic mass is 16.3. The first-order chi connectivity index (χ1) is 10.1. The van der Waals surface area contributed by atoms with Gasteiger partial charge in [0.05, 0.1) is 0 Å². The van der Waals surface area contributed by atoms with Crippen molar-refractivity contribution in [3.63, 3.8) is 0 Å². The van der Waals surface area contributed by atoms with Crippen LogP contribution < -0.4 is 16.6 Å². The van der Waals surface area contributed by atoms with Crippen molar-refractivity contribution in [1.29, 1.82) is 0 Å². The first-order valence-corrected chi connectivity index (χ1v) is 6.38. The molecule has 1 aromatic carbocycles. The smallest absolute Gasteiger partial charge is 0.328 e. The Labute approximate surface area is 119 Å². The largest absolute Gasteiger partial charge is 0.396 e. The summed E-state index contributed by atoms with van der Waals surface area (Å²) < 4.78 is 1.11. The average Bonchev–Trinajstić information content (AvgIpc) is 2.44. The normalized spacial score (nSPS) is 10.3. The highest BCUT2D eigenvalue weighted by molar-refractivity contribution is 5.90. The van der Waals surface area contributed by atoms with Crippen molar-refractivity contribution in [3.05, 3.63) is 62.9 Å². The Hall–Kier alpha value is -2.67. The molecule has 0 aliphatic carbocycles. The Morgan fingerprint density at radius 2 is 1.90 bits per heavy atom. The summed E-state index contributed by atoms with van der Waals surface area (Å²) in [5.74, 6) is -0.376. The Bertz CT molecular complexity index is 731. The van der Waals surface area contributed by atoms with Crippen LogP contribution in [0.3, 0.4) is 0 Å². The monoisotopic (exact) mass is 289 g/mol. The van der Waals surface area contributed by atoms with Crippen molar-refractivity contribution in [2.45, 2.75) is 13.0 Å². The number of aliphatic hydroxyl groups is 1. The fourth-order valence-electron chi connectivity index (χ4n) is 1.81. The second-order valence-electron chi connectivity index (χ2n) is 4.46. The molecule has 0 atom stereocenters. The molecule has 3 N–H and O–H groups in total. The topological polar surface area (TPSA) is 104 Å². The van der Waals surface area contributed by atoms with Gasteiger partial charge in [0.25, 0.3) is 5.56 Å². The summed E-state index contributed by atoms with van der Waals surface area (Å²) >= 11 is 0. The molecular weight excluding hydrogens is 274 g/mol. The first kappa shape index (κ1) is 14.7. The van der Waals surface area contributed by atoms with E-state index in [0.29, 0.717) is 12.1 Å². The number of benzene rings is 1. The Morgan fingerprint density at radius 3 is 2.52 bits per heavy atom. The number of H-pyrrole nitrogens is 1. The highest BCUT2D eigenvalue weighted by Crippen LogP contribution is 2.09. The van der Waals surface area contributed by atoms with E-state index in [1.54, 1.807) is 24.3 Å². The lowest BCUT2D eigenvalue weighted by Crippen LogP contribution is -2.32. The molecule has 0 spiro atoms. The molecular formula is C14H15N3O4. The average molecular weight is 289 g/mol. The van der Waals surface area contributed by atoms with Gasteiger partial charge in [-0.05, 0) is 24.1 Å². The minimum Gasteiger partial charge on any atom is -0.396 e. The van der Waals surface area contributed by atoms with Gasteiger partial charge in [0.2, 0.25) is 5.91 Å². The van der Waals surface area contributed by atoms with E-state index in [9.17, 15) is 14.4 Å². The number of nitrogens with zero attached hydrogens (tertiary/aromatic N) is 1. The maximum absolute atomic E-state index is 11.8. The highest BCUT2D eigenvalue weighted by Gasteiger charge is 2.05. The molecule has 0 unspecified atom stereocenters. The second-order valence-corrected chi connectivity index (χ2v) is 4.46. The summed E-state index contributed by atoms with van der Waals surface area (Å²) in [4.78, 5) is 36.3. The molecule has 0 aliphatic heterocycles. The van der Waals surface area contributed by atoms with Gasteiger partial charge in [-0.25, -0.2) is 4.79 Å². The van der Waals surface area contributed by atoms with Crippen LogP contribution in [0, 0.1) is 0 Å². The summed E-state index contributed by atoms with van der Waals surface area (Å²) in [6, 6.07) is 8.23. The number of aromatic amines is 1. The molecule has 110 valence electrons. The quantitative estimate of drug-likeness (QED) is 0.703. The molecule has 1 heterocycles. The predicted molar refractivity (Wildman–Crippen MR) is 77.2 cm³/mol. The Morgan fingerprint density at radius 1 is 1.19 bits per heavy atom. The van der Waals surface area contributed by atoms with Crippen molar-refractivity contribution in [1.82, 2.24) is 9.55 Å². The molecule has 7 heteroatoms. The maximum Gasteiger partial charge on any atom is 0.328 e. The van der Waals surface area contributed by atoms with Crippen LogP contribution in [0.4, 0.5) is 5.69 Å². The number of rotatable bonds is 5. The maximum atomic E-state index is 11.8. The van der Waals surface area contributed by atoms with E-state index in [1.165, 1.54) is 12.3 Å². The summed E-state index contributed by atoms with van der Waals surface area (Å²) in [5, 5.41) is 11.5. The number of carbonyl (C=O) groups is 1. The molecule has 0 radical (unpaired) electrons. The number of aliphatic hydroxyl groups excluding tert-OH is 1. The van der Waals surface area contributed by atoms with Crippen LogP contribution >= 0.6 is 0 Å². The number of aromatic nitrogens is 2. The lowest BCUT2D eigenvalue weighted by Gasteiger charge is -2.07. The van der Waals surface area contributed by atoms with Gasteiger partial charge in [0.15, 0.2) is 0 Å². The molecule has 0 aliphatic rings. The van der Waals surface area contributed by atoms with Gasteiger partial charge >= 0.3 is 5.69 Å². The molecule has 0 saturated carbocycles. The van der Waals surface area contributed by atoms with Gasteiger partial charge < -0.3 is 10.4 Å². The number of hydrogen-bond donors (Lipinski definition) is 3. The third-order valence-electron chi connectivity index (χ3n) is 2.85. The zero-order valence-corrected chi connectivity index (χ0v) is 11.2. The van der Waals surface area contributed by atoms with Crippen molar-refractivity contribution in [2.24, 2.45) is 0 Å². The molecule has 1 aromatic heterocycles. The van der Waals surface area contributed by atoms with Crippen molar-refractivity contribution in [3.8, 4) is 0 Å². The predicted octanol–water partition coefficient (Wildman–Crippen LogP) is -0.290. The summed E-state index contributed by atoms with van der Waals surface area (Å²) in [6.45, 7) is -0.116. The van der Waals surface area contributed by atoms with E-state index in [4.69, 9.17) is 5.11 Å². The SMILES string of the molecule is O=C(Cn1ccc(=O)[nH]c1=O)Nc1ccc(CCO)cc1. The van der Waals surface area contributed by atoms with E-state index in [2.05, 4.69) is 10.3 Å². The zero-order valence-electron chi connectivity index (χ0n) is 11.2. The van der Waals surface area contributed by atoms with Gasteiger partial charge in [0.1, 0.15) is 6.54 Å². The van der Waals surface area contributed by atoms with Crippen LogP contribution in [0.1, 0.15) is 5.56 Å². The van der Waals surface area contributed by atoms with Crippen LogP contribution in [0.5, 0.6) is 0 Å². The summed E-state index contributed by atoms with van der Waals surface area (Å²) in [5.41, 5.74) is 0.429. The lowest BCUT2D eigenvalue weighted by atomic mass is 10.1. The van der Waals surface area contributed by atoms with E-state index >= 15 is 0 Å². The lowest BCUT2D eigenvalue weighted by molar-refractivity contribution is -0.116.